The molecule has 0 aliphatic rings. The first-order chi connectivity index (χ1) is 8.83. The molecule has 0 aromatic heterocycles. The standard InChI is InChI=1S/C14H21FN2O2/c1-17(2,12-8-6-11(15)7-9-12)10-4-3-5-13(16)14(18)19/h6-9,13H,3-5,10,16H2,1-2H3/p+1/t13-/m0/s1. The lowest BCUT2D eigenvalue weighted by Gasteiger charge is -2.29. The van der Waals surface area contributed by atoms with Crippen molar-refractivity contribution in [2.45, 2.75) is 25.3 Å². The largest absolute Gasteiger partial charge is 0.480 e. The van der Waals surface area contributed by atoms with Crippen LogP contribution in [0, 0.1) is 5.82 Å². The molecule has 0 bridgehead atoms. The van der Waals surface area contributed by atoms with E-state index in [1.807, 2.05) is 14.1 Å². The van der Waals surface area contributed by atoms with Gasteiger partial charge in [-0.25, -0.2) is 4.39 Å². The second-order valence-electron chi connectivity index (χ2n) is 5.33. The molecule has 0 radical (unpaired) electrons. The summed E-state index contributed by atoms with van der Waals surface area (Å²) in [6.07, 6.45) is 2.14. The number of hydrogen-bond acceptors (Lipinski definition) is 2. The molecule has 0 amide bonds. The Morgan fingerprint density at radius 2 is 1.89 bits per heavy atom. The van der Waals surface area contributed by atoms with E-state index in [1.54, 1.807) is 12.1 Å². The van der Waals surface area contributed by atoms with Gasteiger partial charge in [0.25, 0.3) is 0 Å². The normalized spacial score (nSPS) is 13.3. The van der Waals surface area contributed by atoms with Crippen LogP contribution in [-0.2, 0) is 4.79 Å². The van der Waals surface area contributed by atoms with Gasteiger partial charge in [-0.15, -0.1) is 0 Å². The van der Waals surface area contributed by atoms with Gasteiger partial charge in [-0.2, -0.15) is 0 Å². The minimum Gasteiger partial charge on any atom is -0.480 e. The molecule has 19 heavy (non-hydrogen) atoms. The molecular weight excluding hydrogens is 247 g/mol. The Hall–Kier alpha value is -1.46. The van der Waals surface area contributed by atoms with E-state index in [2.05, 4.69) is 0 Å². The Labute approximate surface area is 113 Å². The monoisotopic (exact) mass is 269 g/mol. The summed E-state index contributed by atoms with van der Waals surface area (Å²) >= 11 is 0. The minimum absolute atomic E-state index is 0.240. The average Bonchev–Trinajstić information content (AvgIpc) is 2.34. The number of benzene rings is 1. The molecule has 0 saturated carbocycles. The highest BCUT2D eigenvalue weighted by molar-refractivity contribution is 5.72. The third-order valence-electron chi connectivity index (χ3n) is 3.33. The zero-order valence-corrected chi connectivity index (χ0v) is 11.5. The quantitative estimate of drug-likeness (QED) is 0.587. The van der Waals surface area contributed by atoms with Crippen molar-refractivity contribution < 1.29 is 14.3 Å². The second-order valence-corrected chi connectivity index (χ2v) is 5.33. The lowest BCUT2D eigenvalue weighted by molar-refractivity contribution is -0.138. The van der Waals surface area contributed by atoms with Gasteiger partial charge in [0.2, 0.25) is 0 Å². The first-order valence-corrected chi connectivity index (χ1v) is 6.40. The van der Waals surface area contributed by atoms with E-state index in [0.717, 1.165) is 25.1 Å². The number of quaternary nitrogens is 1. The van der Waals surface area contributed by atoms with Crippen LogP contribution >= 0.6 is 0 Å². The van der Waals surface area contributed by atoms with Crippen LogP contribution in [0.1, 0.15) is 19.3 Å². The molecule has 106 valence electrons. The first kappa shape index (κ1) is 15.6. The molecule has 0 fully saturated rings. The summed E-state index contributed by atoms with van der Waals surface area (Å²) < 4.78 is 13.5. The molecule has 0 spiro atoms. The lowest BCUT2D eigenvalue weighted by atomic mass is 10.1. The zero-order chi connectivity index (χ0) is 14.5. The van der Waals surface area contributed by atoms with Crippen molar-refractivity contribution in [3.8, 4) is 0 Å². The molecule has 0 saturated heterocycles. The summed E-state index contributed by atoms with van der Waals surface area (Å²) in [5.41, 5.74) is 6.48. The van der Waals surface area contributed by atoms with Crippen LogP contribution in [0.3, 0.4) is 0 Å². The van der Waals surface area contributed by atoms with Crippen LogP contribution in [0.5, 0.6) is 0 Å². The smallest absolute Gasteiger partial charge is 0.320 e. The first-order valence-electron chi connectivity index (χ1n) is 6.40. The molecule has 1 aromatic carbocycles. The molecule has 3 N–H and O–H groups in total. The molecule has 0 aliphatic carbocycles. The van der Waals surface area contributed by atoms with Crippen LogP contribution in [-0.4, -0.2) is 37.8 Å². The number of unbranched alkanes of at least 4 members (excludes halogenated alkanes) is 1. The molecule has 1 aromatic rings. The maximum Gasteiger partial charge on any atom is 0.320 e. The van der Waals surface area contributed by atoms with Crippen LogP contribution < -0.4 is 10.2 Å². The van der Waals surface area contributed by atoms with Crippen molar-refractivity contribution >= 4 is 11.7 Å². The third kappa shape index (κ3) is 4.96. The number of aliphatic carboxylic acids is 1. The Balaban J connectivity index is 2.43. The third-order valence-corrected chi connectivity index (χ3v) is 3.33. The molecule has 0 aliphatic heterocycles. The summed E-state index contributed by atoms with van der Waals surface area (Å²) in [6.45, 7) is 0.859. The van der Waals surface area contributed by atoms with Gasteiger partial charge in [0, 0.05) is 12.1 Å². The summed E-state index contributed by atoms with van der Waals surface area (Å²) in [7, 11) is 4.09. The minimum atomic E-state index is -0.952. The number of nitrogens with two attached hydrogens (primary N) is 1. The molecule has 0 unspecified atom stereocenters. The summed E-state index contributed by atoms with van der Waals surface area (Å²) in [4.78, 5) is 10.6. The van der Waals surface area contributed by atoms with Gasteiger partial charge in [-0.05, 0) is 31.4 Å². The number of carbonyl (C=O) groups is 1. The fourth-order valence-corrected chi connectivity index (χ4v) is 1.97. The van der Waals surface area contributed by atoms with Crippen molar-refractivity contribution in [3.05, 3.63) is 30.1 Å². The van der Waals surface area contributed by atoms with E-state index in [-0.39, 0.29) is 5.82 Å². The van der Waals surface area contributed by atoms with E-state index < -0.39 is 12.0 Å². The van der Waals surface area contributed by atoms with Crippen LogP contribution in [0.15, 0.2) is 24.3 Å². The summed E-state index contributed by atoms with van der Waals surface area (Å²) in [6, 6.07) is 5.68. The van der Waals surface area contributed by atoms with E-state index >= 15 is 0 Å². The topological polar surface area (TPSA) is 63.3 Å². The maximum atomic E-state index is 12.9. The predicted octanol–water partition coefficient (Wildman–Crippen LogP) is 1.97. The Bertz CT molecular complexity index is 418. The van der Waals surface area contributed by atoms with Crippen molar-refractivity contribution in [3.63, 3.8) is 0 Å². The molecule has 4 nitrogen and oxygen atoms in total. The Kier molecular flexibility index (Phi) is 5.44. The van der Waals surface area contributed by atoms with E-state index in [4.69, 9.17) is 10.8 Å². The number of hydrogen-bond donors (Lipinski definition) is 2. The van der Waals surface area contributed by atoms with Gasteiger partial charge in [0.1, 0.15) is 17.5 Å². The van der Waals surface area contributed by atoms with Crippen LogP contribution in [0.2, 0.25) is 0 Å². The van der Waals surface area contributed by atoms with Crippen molar-refractivity contribution in [2.24, 2.45) is 5.73 Å². The van der Waals surface area contributed by atoms with Gasteiger partial charge in [0.15, 0.2) is 0 Å². The van der Waals surface area contributed by atoms with Crippen molar-refractivity contribution in [1.82, 2.24) is 4.48 Å². The fourth-order valence-electron chi connectivity index (χ4n) is 1.97. The van der Waals surface area contributed by atoms with Crippen molar-refractivity contribution in [2.75, 3.05) is 20.6 Å². The van der Waals surface area contributed by atoms with Gasteiger partial charge >= 0.3 is 5.97 Å². The molecule has 0 heterocycles. The summed E-state index contributed by atoms with van der Waals surface area (Å²) in [5, 5.41) is 8.68. The number of nitrogens with zero attached hydrogens (tertiary/aromatic N) is 1. The van der Waals surface area contributed by atoms with Gasteiger partial charge in [-0.1, -0.05) is 0 Å². The number of rotatable bonds is 7. The van der Waals surface area contributed by atoms with Gasteiger partial charge in [0.05, 0.1) is 20.6 Å². The fraction of sp³-hybridized carbons (Fsp3) is 0.500. The van der Waals surface area contributed by atoms with E-state index in [0.29, 0.717) is 10.9 Å². The predicted molar refractivity (Wildman–Crippen MR) is 74.4 cm³/mol. The molecule has 1 atom stereocenters. The average molecular weight is 269 g/mol. The number of halogens is 1. The maximum absolute atomic E-state index is 12.9. The highest BCUT2D eigenvalue weighted by atomic mass is 19.1. The summed E-state index contributed by atoms with van der Waals surface area (Å²) in [5.74, 6) is -1.19. The Morgan fingerprint density at radius 1 is 1.32 bits per heavy atom. The van der Waals surface area contributed by atoms with Crippen LogP contribution in [0.25, 0.3) is 0 Å². The van der Waals surface area contributed by atoms with Gasteiger partial charge < -0.3 is 10.8 Å². The van der Waals surface area contributed by atoms with Gasteiger partial charge in [-0.3, -0.25) is 9.28 Å². The second kappa shape index (κ2) is 6.63. The van der Waals surface area contributed by atoms with E-state index in [1.165, 1.54) is 12.1 Å². The highest BCUT2D eigenvalue weighted by Gasteiger charge is 2.19. The van der Waals surface area contributed by atoms with Crippen molar-refractivity contribution in [1.29, 1.82) is 0 Å². The highest BCUT2D eigenvalue weighted by Crippen LogP contribution is 2.20. The molecule has 1 rings (SSSR count). The van der Waals surface area contributed by atoms with E-state index in [9.17, 15) is 9.18 Å². The number of carboxylic acids is 1. The SMILES string of the molecule is C[N+](C)(CCCC[C@H](N)C(=O)O)c1ccc(F)cc1. The van der Waals surface area contributed by atoms with Crippen LogP contribution in [0.4, 0.5) is 10.1 Å². The lowest BCUT2D eigenvalue weighted by Crippen LogP contribution is -2.41. The number of carboxylic acid groups (broad SMARTS) is 1. The zero-order valence-electron chi connectivity index (χ0n) is 11.5. The Morgan fingerprint density at radius 3 is 2.42 bits per heavy atom. The molecular formula is C14H22FN2O2+. The molecule has 5 heteroatoms.